The molecule has 2 rings (SSSR count). The molecule has 3 N–H and O–H groups in total. The largest absolute Gasteiger partial charge is 0.371 e. The number of para-hydroxylation sites is 1. The summed E-state index contributed by atoms with van der Waals surface area (Å²) >= 11 is 0. The summed E-state index contributed by atoms with van der Waals surface area (Å²) < 4.78 is 0. The first-order valence-corrected chi connectivity index (χ1v) is 6.57. The van der Waals surface area contributed by atoms with Gasteiger partial charge in [0, 0.05) is 5.69 Å². The summed E-state index contributed by atoms with van der Waals surface area (Å²) in [5.41, 5.74) is 6.35. The molecule has 3 heteroatoms. The third-order valence-electron chi connectivity index (χ3n) is 4.09. The molecule has 0 aliphatic heterocycles. The molecule has 0 heterocycles. The molecule has 0 saturated heterocycles. The first kappa shape index (κ1) is 12.9. The van der Waals surface area contributed by atoms with Gasteiger partial charge in [0.15, 0.2) is 0 Å². The second kappa shape index (κ2) is 4.63. The van der Waals surface area contributed by atoms with Gasteiger partial charge in [-0.1, -0.05) is 32.0 Å². The highest BCUT2D eigenvalue weighted by atomic mass is 16.1. The van der Waals surface area contributed by atoms with Crippen molar-refractivity contribution < 1.29 is 4.79 Å². The SMILES string of the molecule is CC1(C)CCC(Nc2ccccc2)(C(N)=O)CC1. The number of primary amides is 1. The quantitative estimate of drug-likeness (QED) is 0.861. The van der Waals surface area contributed by atoms with E-state index in [-0.39, 0.29) is 5.91 Å². The van der Waals surface area contributed by atoms with Crippen LogP contribution in [0.15, 0.2) is 30.3 Å². The van der Waals surface area contributed by atoms with Crippen molar-refractivity contribution in [2.75, 3.05) is 5.32 Å². The molecule has 0 atom stereocenters. The van der Waals surface area contributed by atoms with Gasteiger partial charge in [0.25, 0.3) is 0 Å². The van der Waals surface area contributed by atoms with Gasteiger partial charge in [0.1, 0.15) is 5.54 Å². The van der Waals surface area contributed by atoms with Gasteiger partial charge in [-0.3, -0.25) is 4.79 Å². The molecular weight excluding hydrogens is 224 g/mol. The molecule has 0 unspecified atom stereocenters. The Hall–Kier alpha value is -1.51. The Kier molecular flexibility index (Phi) is 3.33. The smallest absolute Gasteiger partial charge is 0.243 e. The lowest BCUT2D eigenvalue weighted by Crippen LogP contribution is -2.53. The van der Waals surface area contributed by atoms with Crippen molar-refractivity contribution in [2.24, 2.45) is 11.1 Å². The lowest BCUT2D eigenvalue weighted by molar-refractivity contribution is -0.124. The van der Waals surface area contributed by atoms with Gasteiger partial charge in [0.05, 0.1) is 0 Å². The lowest BCUT2D eigenvalue weighted by atomic mass is 9.69. The molecule has 1 aliphatic carbocycles. The average molecular weight is 246 g/mol. The molecule has 0 radical (unpaired) electrons. The van der Waals surface area contributed by atoms with Crippen molar-refractivity contribution in [1.82, 2.24) is 0 Å². The average Bonchev–Trinajstić information content (AvgIpc) is 2.33. The van der Waals surface area contributed by atoms with E-state index in [1.54, 1.807) is 0 Å². The van der Waals surface area contributed by atoms with Crippen LogP contribution in [0.3, 0.4) is 0 Å². The van der Waals surface area contributed by atoms with Crippen molar-refractivity contribution in [3.63, 3.8) is 0 Å². The number of hydrogen-bond acceptors (Lipinski definition) is 2. The van der Waals surface area contributed by atoms with E-state index < -0.39 is 5.54 Å². The summed E-state index contributed by atoms with van der Waals surface area (Å²) in [4.78, 5) is 11.9. The molecule has 1 fully saturated rings. The van der Waals surface area contributed by atoms with Gasteiger partial charge in [-0.25, -0.2) is 0 Å². The Morgan fingerprint density at radius 2 is 1.67 bits per heavy atom. The number of carbonyl (C=O) groups excluding carboxylic acids is 1. The van der Waals surface area contributed by atoms with Gasteiger partial charge < -0.3 is 11.1 Å². The van der Waals surface area contributed by atoms with Crippen LogP contribution < -0.4 is 11.1 Å². The summed E-state index contributed by atoms with van der Waals surface area (Å²) in [5.74, 6) is -0.234. The summed E-state index contributed by atoms with van der Waals surface area (Å²) in [5, 5.41) is 3.36. The van der Waals surface area contributed by atoms with Crippen LogP contribution >= 0.6 is 0 Å². The van der Waals surface area contributed by atoms with Crippen molar-refractivity contribution in [3.8, 4) is 0 Å². The second-order valence-corrected chi connectivity index (χ2v) is 6.10. The van der Waals surface area contributed by atoms with Crippen molar-refractivity contribution in [2.45, 2.75) is 45.1 Å². The number of rotatable bonds is 3. The number of benzene rings is 1. The molecule has 1 aliphatic rings. The monoisotopic (exact) mass is 246 g/mol. The van der Waals surface area contributed by atoms with Gasteiger partial charge >= 0.3 is 0 Å². The van der Waals surface area contributed by atoms with E-state index in [1.807, 2.05) is 30.3 Å². The number of carbonyl (C=O) groups is 1. The van der Waals surface area contributed by atoms with Gasteiger partial charge in [-0.2, -0.15) is 0 Å². The van der Waals surface area contributed by atoms with Gasteiger partial charge in [-0.05, 0) is 43.2 Å². The minimum atomic E-state index is -0.573. The Morgan fingerprint density at radius 3 is 2.17 bits per heavy atom. The van der Waals surface area contributed by atoms with Crippen molar-refractivity contribution in [3.05, 3.63) is 30.3 Å². The molecular formula is C15H22N2O. The highest BCUT2D eigenvalue weighted by molar-refractivity contribution is 5.88. The third kappa shape index (κ3) is 2.66. The predicted molar refractivity (Wildman–Crippen MR) is 74.2 cm³/mol. The molecule has 0 aromatic heterocycles. The van der Waals surface area contributed by atoms with E-state index in [9.17, 15) is 4.79 Å². The van der Waals surface area contributed by atoms with Crippen LogP contribution in [-0.4, -0.2) is 11.4 Å². The Labute approximate surface area is 109 Å². The zero-order valence-corrected chi connectivity index (χ0v) is 11.2. The van der Waals surface area contributed by atoms with Gasteiger partial charge in [-0.15, -0.1) is 0 Å². The van der Waals surface area contributed by atoms with E-state index in [4.69, 9.17) is 5.73 Å². The Bertz CT molecular complexity index is 415. The molecule has 1 saturated carbocycles. The molecule has 1 amide bonds. The van der Waals surface area contributed by atoms with E-state index in [0.29, 0.717) is 5.41 Å². The maximum atomic E-state index is 11.9. The van der Waals surface area contributed by atoms with Crippen LogP contribution in [0.1, 0.15) is 39.5 Å². The highest BCUT2D eigenvalue weighted by Gasteiger charge is 2.42. The summed E-state index contributed by atoms with van der Waals surface area (Å²) in [6.07, 6.45) is 3.67. The normalized spacial score (nSPS) is 21.2. The molecule has 0 spiro atoms. The van der Waals surface area contributed by atoms with E-state index in [1.165, 1.54) is 0 Å². The molecule has 0 bridgehead atoms. The van der Waals surface area contributed by atoms with Crippen LogP contribution in [0.5, 0.6) is 0 Å². The van der Waals surface area contributed by atoms with Crippen LogP contribution in [0, 0.1) is 5.41 Å². The lowest BCUT2D eigenvalue weighted by Gasteiger charge is -2.42. The fraction of sp³-hybridized carbons (Fsp3) is 0.533. The van der Waals surface area contributed by atoms with Crippen LogP contribution in [-0.2, 0) is 4.79 Å². The minimum absolute atomic E-state index is 0.234. The van der Waals surface area contributed by atoms with Crippen LogP contribution in [0.4, 0.5) is 5.69 Å². The van der Waals surface area contributed by atoms with Crippen LogP contribution in [0.2, 0.25) is 0 Å². The number of nitrogens with one attached hydrogen (secondary N) is 1. The summed E-state index contributed by atoms with van der Waals surface area (Å²) in [6, 6.07) is 9.84. The Balaban J connectivity index is 2.17. The van der Waals surface area contributed by atoms with Crippen LogP contribution in [0.25, 0.3) is 0 Å². The maximum Gasteiger partial charge on any atom is 0.243 e. The molecule has 98 valence electrons. The fourth-order valence-electron chi connectivity index (χ4n) is 2.58. The Morgan fingerprint density at radius 1 is 1.11 bits per heavy atom. The van der Waals surface area contributed by atoms with E-state index in [0.717, 1.165) is 31.4 Å². The zero-order valence-electron chi connectivity index (χ0n) is 11.2. The zero-order chi connectivity index (χ0) is 13.2. The first-order valence-electron chi connectivity index (χ1n) is 6.57. The number of hydrogen-bond donors (Lipinski definition) is 2. The molecule has 18 heavy (non-hydrogen) atoms. The standard InChI is InChI=1S/C15H22N2O/c1-14(2)8-10-15(11-9-14,13(16)18)17-12-6-4-3-5-7-12/h3-7,17H,8-11H2,1-2H3,(H2,16,18). The van der Waals surface area contributed by atoms with E-state index >= 15 is 0 Å². The summed E-state index contributed by atoms with van der Waals surface area (Å²) in [6.45, 7) is 4.50. The minimum Gasteiger partial charge on any atom is -0.371 e. The predicted octanol–water partition coefficient (Wildman–Crippen LogP) is 2.92. The highest BCUT2D eigenvalue weighted by Crippen LogP contribution is 2.41. The number of nitrogens with two attached hydrogens (primary N) is 1. The molecule has 1 aromatic rings. The molecule has 3 nitrogen and oxygen atoms in total. The number of amides is 1. The van der Waals surface area contributed by atoms with Gasteiger partial charge in [0.2, 0.25) is 5.91 Å². The third-order valence-corrected chi connectivity index (χ3v) is 4.09. The topological polar surface area (TPSA) is 55.1 Å². The first-order chi connectivity index (χ1) is 8.44. The summed E-state index contributed by atoms with van der Waals surface area (Å²) in [7, 11) is 0. The fourth-order valence-corrected chi connectivity index (χ4v) is 2.58. The number of anilines is 1. The maximum absolute atomic E-state index is 11.9. The van der Waals surface area contributed by atoms with Crippen molar-refractivity contribution >= 4 is 11.6 Å². The molecule has 1 aromatic carbocycles. The van der Waals surface area contributed by atoms with E-state index in [2.05, 4.69) is 19.2 Å². The second-order valence-electron chi connectivity index (χ2n) is 6.10. The van der Waals surface area contributed by atoms with Crippen molar-refractivity contribution in [1.29, 1.82) is 0 Å².